The second kappa shape index (κ2) is 8.91. The van der Waals surface area contributed by atoms with Gasteiger partial charge < -0.3 is 15.2 Å². The quantitative estimate of drug-likeness (QED) is 0.749. The summed E-state index contributed by atoms with van der Waals surface area (Å²) in [5, 5.41) is 13.5. The van der Waals surface area contributed by atoms with Crippen LogP contribution in [-0.4, -0.2) is 58.3 Å². The number of unbranched alkanes of at least 4 members (excludes halogenated alkanes) is 1. The van der Waals surface area contributed by atoms with E-state index in [-0.39, 0.29) is 0 Å². The maximum absolute atomic E-state index is 11.6. The number of hydrogen-bond acceptors (Lipinski definition) is 6. The summed E-state index contributed by atoms with van der Waals surface area (Å²) in [4.78, 5) is 23.2. The number of carboxylic acids is 1. The minimum Gasteiger partial charge on any atom is -0.480 e. The smallest absolute Gasteiger partial charge is 0.326 e. The lowest BCUT2D eigenvalue weighted by molar-refractivity contribution is -0.138. The van der Waals surface area contributed by atoms with Gasteiger partial charge in [0.2, 0.25) is 0 Å². The normalized spacial score (nSPS) is 16.5. The van der Waals surface area contributed by atoms with Gasteiger partial charge >= 0.3 is 5.97 Å². The van der Waals surface area contributed by atoms with Crippen molar-refractivity contribution in [1.29, 1.82) is 0 Å². The van der Waals surface area contributed by atoms with E-state index in [0.717, 1.165) is 50.0 Å². The van der Waals surface area contributed by atoms with Crippen LogP contribution in [0.3, 0.4) is 0 Å². The van der Waals surface area contributed by atoms with Crippen molar-refractivity contribution in [3.8, 4) is 0 Å². The third-order valence-corrected chi connectivity index (χ3v) is 4.57. The van der Waals surface area contributed by atoms with Gasteiger partial charge in [-0.1, -0.05) is 31.9 Å². The molecule has 2 aromatic rings. The summed E-state index contributed by atoms with van der Waals surface area (Å²) >= 11 is 0. The highest BCUT2D eigenvalue weighted by Gasteiger charge is 2.20. The summed E-state index contributed by atoms with van der Waals surface area (Å²) in [6.07, 6.45) is 2.38. The van der Waals surface area contributed by atoms with Gasteiger partial charge in [0.15, 0.2) is 0 Å². The second-order valence-corrected chi connectivity index (χ2v) is 6.57. The van der Waals surface area contributed by atoms with Crippen molar-refractivity contribution in [2.75, 3.05) is 31.6 Å². The maximum Gasteiger partial charge on any atom is 0.326 e. The van der Waals surface area contributed by atoms with E-state index in [1.807, 2.05) is 24.3 Å². The van der Waals surface area contributed by atoms with E-state index in [9.17, 15) is 9.90 Å². The number of carboxylic acid groups (broad SMARTS) is 1. The Hall–Kier alpha value is -2.25. The van der Waals surface area contributed by atoms with Crippen molar-refractivity contribution in [2.45, 2.75) is 38.8 Å². The van der Waals surface area contributed by atoms with Gasteiger partial charge in [0.1, 0.15) is 17.7 Å². The molecule has 7 nitrogen and oxygen atoms in total. The molecule has 0 amide bonds. The summed E-state index contributed by atoms with van der Waals surface area (Å²) in [6.45, 7) is 5.84. The first-order valence-corrected chi connectivity index (χ1v) is 9.22. The Morgan fingerprint density at radius 2 is 2.08 bits per heavy atom. The Morgan fingerprint density at radius 1 is 1.31 bits per heavy atom. The molecular formula is C19H26N4O3. The number of para-hydroxylation sites is 1. The number of morpholine rings is 1. The molecule has 1 unspecified atom stereocenters. The monoisotopic (exact) mass is 358 g/mol. The summed E-state index contributed by atoms with van der Waals surface area (Å²) in [6, 6.07) is 7.07. The van der Waals surface area contributed by atoms with Crippen LogP contribution in [-0.2, 0) is 16.1 Å². The highest BCUT2D eigenvalue weighted by molar-refractivity contribution is 5.90. The third-order valence-electron chi connectivity index (χ3n) is 4.57. The average molecular weight is 358 g/mol. The molecular weight excluding hydrogens is 332 g/mol. The van der Waals surface area contributed by atoms with Crippen molar-refractivity contribution in [2.24, 2.45) is 0 Å². The van der Waals surface area contributed by atoms with Crippen molar-refractivity contribution in [3.63, 3.8) is 0 Å². The number of aromatic nitrogens is 2. The number of ether oxygens (including phenoxy) is 1. The SMILES string of the molecule is CCCCC(Nc1nc(CN2CCOCC2)nc2ccccc12)C(=O)O. The minimum absolute atomic E-state index is 0.572. The molecule has 1 aliphatic heterocycles. The average Bonchev–Trinajstić information content (AvgIpc) is 2.65. The molecule has 2 heterocycles. The molecule has 2 N–H and O–H groups in total. The van der Waals surface area contributed by atoms with Crippen LogP contribution in [0, 0.1) is 0 Å². The van der Waals surface area contributed by atoms with Gasteiger partial charge in [0, 0.05) is 18.5 Å². The molecule has 140 valence electrons. The maximum atomic E-state index is 11.6. The van der Waals surface area contributed by atoms with Crippen LogP contribution in [0.2, 0.25) is 0 Å². The van der Waals surface area contributed by atoms with E-state index in [2.05, 4.69) is 27.1 Å². The number of fused-ring (bicyclic) bond motifs is 1. The Bertz CT molecular complexity index is 747. The van der Waals surface area contributed by atoms with Crippen LogP contribution in [0.25, 0.3) is 10.9 Å². The lowest BCUT2D eigenvalue weighted by Gasteiger charge is -2.26. The number of benzene rings is 1. The van der Waals surface area contributed by atoms with E-state index < -0.39 is 12.0 Å². The zero-order valence-corrected chi connectivity index (χ0v) is 15.1. The molecule has 1 saturated heterocycles. The van der Waals surface area contributed by atoms with Crippen LogP contribution in [0.4, 0.5) is 5.82 Å². The number of hydrogen-bond donors (Lipinski definition) is 2. The number of aliphatic carboxylic acids is 1. The van der Waals surface area contributed by atoms with Crippen LogP contribution in [0.15, 0.2) is 24.3 Å². The lowest BCUT2D eigenvalue weighted by atomic mass is 10.1. The third kappa shape index (κ3) is 4.68. The number of rotatable bonds is 8. The highest BCUT2D eigenvalue weighted by Crippen LogP contribution is 2.22. The minimum atomic E-state index is -0.851. The van der Waals surface area contributed by atoms with E-state index in [1.54, 1.807) is 0 Å². The fraction of sp³-hybridized carbons (Fsp3) is 0.526. The number of nitrogens with one attached hydrogen (secondary N) is 1. The van der Waals surface area contributed by atoms with Gasteiger partial charge in [-0.15, -0.1) is 0 Å². The van der Waals surface area contributed by atoms with Gasteiger partial charge in [-0.3, -0.25) is 4.90 Å². The zero-order chi connectivity index (χ0) is 18.4. The Kier molecular flexibility index (Phi) is 6.35. The van der Waals surface area contributed by atoms with E-state index in [1.165, 1.54) is 0 Å². The molecule has 0 radical (unpaired) electrons. The molecule has 0 bridgehead atoms. The first kappa shape index (κ1) is 18.5. The van der Waals surface area contributed by atoms with Gasteiger partial charge in [0.25, 0.3) is 0 Å². The summed E-state index contributed by atoms with van der Waals surface area (Å²) in [5.74, 6) is 0.450. The standard InChI is InChI=1S/C19H26N4O3/c1-2-3-7-16(19(24)25)21-18-14-6-4-5-8-15(14)20-17(22-18)13-23-9-11-26-12-10-23/h4-6,8,16H,2-3,7,9-13H2,1H3,(H,24,25)(H,20,21,22). The predicted octanol–water partition coefficient (Wildman–Crippen LogP) is 2.52. The zero-order valence-electron chi connectivity index (χ0n) is 15.1. The van der Waals surface area contributed by atoms with E-state index in [0.29, 0.717) is 24.6 Å². The van der Waals surface area contributed by atoms with Gasteiger partial charge in [-0.25, -0.2) is 14.8 Å². The lowest BCUT2D eigenvalue weighted by Crippen LogP contribution is -2.36. The molecule has 1 aromatic heterocycles. The predicted molar refractivity (Wildman–Crippen MR) is 100 cm³/mol. The summed E-state index contributed by atoms with van der Waals surface area (Å²) < 4.78 is 5.39. The van der Waals surface area contributed by atoms with Crippen LogP contribution >= 0.6 is 0 Å². The molecule has 1 atom stereocenters. The fourth-order valence-electron chi connectivity index (χ4n) is 3.10. The first-order chi connectivity index (χ1) is 12.7. The van der Waals surface area contributed by atoms with Gasteiger partial charge in [0.05, 0.1) is 25.3 Å². The highest BCUT2D eigenvalue weighted by atomic mass is 16.5. The Morgan fingerprint density at radius 3 is 2.81 bits per heavy atom. The van der Waals surface area contributed by atoms with Crippen molar-refractivity contribution in [1.82, 2.24) is 14.9 Å². The molecule has 1 aliphatic rings. The van der Waals surface area contributed by atoms with E-state index >= 15 is 0 Å². The van der Waals surface area contributed by atoms with Crippen molar-refractivity contribution >= 4 is 22.7 Å². The summed E-state index contributed by atoms with van der Waals surface area (Å²) in [7, 11) is 0. The number of anilines is 1. The molecule has 1 fully saturated rings. The number of nitrogens with zero attached hydrogens (tertiary/aromatic N) is 3. The summed E-state index contributed by atoms with van der Waals surface area (Å²) in [5.41, 5.74) is 0.827. The second-order valence-electron chi connectivity index (χ2n) is 6.57. The first-order valence-electron chi connectivity index (χ1n) is 9.22. The molecule has 1 aromatic carbocycles. The Labute approximate surface area is 153 Å². The van der Waals surface area contributed by atoms with Gasteiger partial charge in [-0.05, 0) is 18.6 Å². The number of carbonyl (C=O) groups is 1. The molecule has 0 aliphatic carbocycles. The molecule has 0 spiro atoms. The van der Waals surface area contributed by atoms with Crippen LogP contribution in [0.1, 0.15) is 32.0 Å². The molecule has 3 rings (SSSR count). The molecule has 7 heteroatoms. The van der Waals surface area contributed by atoms with Crippen LogP contribution < -0.4 is 5.32 Å². The topological polar surface area (TPSA) is 87.6 Å². The Balaban J connectivity index is 1.87. The fourth-order valence-corrected chi connectivity index (χ4v) is 3.10. The molecule has 0 saturated carbocycles. The molecule has 26 heavy (non-hydrogen) atoms. The van der Waals surface area contributed by atoms with Crippen molar-refractivity contribution in [3.05, 3.63) is 30.1 Å². The van der Waals surface area contributed by atoms with Gasteiger partial charge in [-0.2, -0.15) is 0 Å². The van der Waals surface area contributed by atoms with Crippen LogP contribution in [0.5, 0.6) is 0 Å². The van der Waals surface area contributed by atoms with Crippen molar-refractivity contribution < 1.29 is 14.6 Å². The van der Waals surface area contributed by atoms with E-state index in [4.69, 9.17) is 4.74 Å². The largest absolute Gasteiger partial charge is 0.480 e.